The number of ether oxygens (including phenoxy) is 1. The molecule has 1 aliphatic rings. The van der Waals surface area contributed by atoms with E-state index in [1.54, 1.807) is 0 Å². The van der Waals surface area contributed by atoms with E-state index in [1.807, 2.05) is 24.0 Å². The summed E-state index contributed by atoms with van der Waals surface area (Å²) in [6, 6.07) is 3.68. The molecule has 24 heavy (non-hydrogen) atoms. The maximum Gasteiger partial charge on any atom is 0.267 e. The van der Waals surface area contributed by atoms with Gasteiger partial charge in [-0.1, -0.05) is 17.8 Å². The Labute approximate surface area is 145 Å². The fraction of sp³-hybridized carbons (Fsp3) is 0.562. The van der Waals surface area contributed by atoms with Gasteiger partial charge in [0.2, 0.25) is 5.88 Å². The second kappa shape index (κ2) is 7.65. The molecule has 0 saturated carbocycles. The van der Waals surface area contributed by atoms with Crippen LogP contribution < -0.4 is 4.74 Å². The highest BCUT2D eigenvalue weighted by Gasteiger charge is 2.28. The van der Waals surface area contributed by atoms with Crippen LogP contribution in [0, 0.1) is 6.92 Å². The average Bonchev–Trinajstić information content (AvgIpc) is 3.05. The fourth-order valence-electron chi connectivity index (χ4n) is 2.75. The predicted molar refractivity (Wildman–Crippen MR) is 90.2 cm³/mol. The van der Waals surface area contributed by atoms with E-state index in [2.05, 4.69) is 26.7 Å². The molecule has 1 fully saturated rings. The number of likely N-dealkylation sites (tertiary alicyclic amines) is 1. The number of nitrogens with zero attached hydrogens (tertiary/aromatic N) is 5. The minimum Gasteiger partial charge on any atom is -0.471 e. The first-order chi connectivity index (χ1) is 11.7. The second-order valence-corrected chi connectivity index (χ2v) is 6.70. The summed E-state index contributed by atoms with van der Waals surface area (Å²) in [4.78, 5) is 15.3. The molecule has 128 valence electrons. The van der Waals surface area contributed by atoms with Gasteiger partial charge in [-0.05, 0) is 43.8 Å². The van der Waals surface area contributed by atoms with E-state index in [1.165, 1.54) is 11.5 Å². The number of carbonyl (C=O) groups is 1. The van der Waals surface area contributed by atoms with Crippen molar-refractivity contribution in [2.75, 3.05) is 13.1 Å². The Balaban J connectivity index is 1.65. The average molecular weight is 347 g/mol. The maximum atomic E-state index is 12.8. The summed E-state index contributed by atoms with van der Waals surface area (Å²) < 4.78 is 9.84. The molecule has 8 heteroatoms. The standard InChI is InChI=1S/C16H21N5O2S/c1-3-5-13-15(24-20-18-13)16(22)21-9-4-6-12(10-21)23-14-8-7-11(2)17-19-14/h7-8,12H,3-6,9-10H2,1-2H3/t12-/m0/s1. The van der Waals surface area contributed by atoms with E-state index in [4.69, 9.17) is 4.74 Å². The Hall–Kier alpha value is -2.09. The van der Waals surface area contributed by atoms with Crippen LogP contribution >= 0.6 is 11.5 Å². The van der Waals surface area contributed by atoms with E-state index in [-0.39, 0.29) is 12.0 Å². The summed E-state index contributed by atoms with van der Waals surface area (Å²) in [5.41, 5.74) is 1.66. The lowest BCUT2D eigenvalue weighted by Gasteiger charge is -2.32. The minimum absolute atomic E-state index is 0.0109. The quantitative estimate of drug-likeness (QED) is 0.825. The van der Waals surface area contributed by atoms with Gasteiger partial charge in [-0.15, -0.1) is 10.2 Å². The summed E-state index contributed by atoms with van der Waals surface area (Å²) in [6.07, 6.45) is 3.48. The molecule has 2 aromatic heterocycles. The fourth-order valence-corrected chi connectivity index (χ4v) is 3.43. The monoisotopic (exact) mass is 347 g/mol. The molecule has 1 saturated heterocycles. The van der Waals surface area contributed by atoms with Gasteiger partial charge >= 0.3 is 0 Å². The molecule has 0 unspecified atom stereocenters. The van der Waals surface area contributed by atoms with E-state index in [0.717, 1.165) is 43.6 Å². The third-order valence-corrected chi connectivity index (χ3v) is 4.72. The van der Waals surface area contributed by atoms with Gasteiger partial charge in [0.1, 0.15) is 11.0 Å². The minimum atomic E-state index is -0.0600. The summed E-state index contributed by atoms with van der Waals surface area (Å²) in [5, 5.41) is 12.1. The Morgan fingerprint density at radius 1 is 1.38 bits per heavy atom. The van der Waals surface area contributed by atoms with Gasteiger partial charge in [-0.3, -0.25) is 4.79 Å². The molecule has 0 radical (unpaired) electrons. The molecule has 7 nitrogen and oxygen atoms in total. The van der Waals surface area contributed by atoms with Gasteiger partial charge in [0.05, 0.1) is 17.9 Å². The van der Waals surface area contributed by atoms with Crippen LogP contribution in [0.5, 0.6) is 5.88 Å². The Bertz CT molecular complexity index is 688. The topological polar surface area (TPSA) is 81.1 Å². The van der Waals surface area contributed by atoms with Crippen molar-refractivity contribution in [3.63, 3.8) is 0 Å². The highest BCUT2D eigenvalue weighted by atomic mass is 32.1. The van der Waals surface area contributed by atoms with Crippen LogP contribution in [0.15, 0.2) is 12.1 Å². The third kappa shape index (κ3) is 3.87. The highest BCUT2D eigenvalue weighted by molar-refractivity contribution is 7.08. The van der Waals surface area contributed by atoms with Crippen molar-refractivity contribution < 1.29 is 9.53 Å². The van der Waals surface area contributed by atoms with Crippen LogP contribution in [0.3, 0.4) is 0 Å². The molecule has 1 aliphatic heterocycles. The van der Waals surface area contributed by atoms with Crippen LogP contribution in [0.2, 0.25) is 0 Å². The number of piperidine rings is 1. The van der Waals surface area contributed by atoms with Crippen LogP contribution in [-0.2, 0) is 6.42 Å². The highest BCUT2D eigenvalue weighted by Crippen LogP contribution is 2.21. The van der Waals surface area contributed by atoms with Crippen LogP contribution in [0.1, 0.15) is 47.2 Å². The Morgan fingerprint density at radius 2 is 2.25 bits per heavy atom. The smallest absolute Gasteiger partial charge is 0.267 e. The van der Waals surface area contributed by atoms with Gasteiger partial charge in [-0.25, -0.2) is 0 Å². The normalized spacial score (nSPS) is 17.8. The molecule has 1 atom stereocenters. The zero-order valence-electron chi connectivity index (χ0n) is 13.9. The van der Waals surface area contributed by atoms with Crippen molar-refractivity contribution in [1.82, 2.24) is 24.7 Å². The first-order valence-electron chi connectivity index (χ1n) is 8.25. The van der Waals surface area contributed by atoms with Gasteiger partial charge in [-0.2, -0.15) is 5.10 Å². The van der Waals surface area contributed by atoms with Gasteiger partial charge in [0.15, 0.2) is 0 Å². The zero-order valence-corrected chi connectivity index (χ0v) is 14.8. The first-order valence-corrected chi connectivity index (χ1v) is 9.02. The van der Waals surface area contributed by atoms with Crippen molar-refractivity contribution >= 4 is 17.4 Å². The molecule has 0 aromatic carbocycles. The largest absolute Gasteiger partial charge is 0.471 e. The predicted octanol–water partition coefficient (Wildman–Crippen LogP) is 2.27. The third-order valence-electron chi connectivity index (χ3n) is 3.96. The number of rotatable bonds is 5. The number of carbonyl (C=O) groups excluding carboxylic acids is 1. The van der Waals surface area contributed by atoms with Gasteiger partial charge < -0.3 is 9.64 Å². The summed E-state index contributed by atoms with van der Waals surface area (Å²) >= 11 is 1.18. The Kier molecular flexibility index (Phi) is 5.34. The second-order valence-electron chi connectivity index (χ2n) is 5.94. The number of aromatic nitrogens is 4. The SMILES string of the molecule is CCCc1nnsc1C(=O)N1CCC[C@H](Oc2ccc(C)nn2)C1. The molecule has 3 heterocycles. The van der Waals surface area contributed by atoms with E-state index in [0.29, 0.717) is 17.3 Å². The van der Waals surface area contributed by atoms with Crippen LogP contribution in [0.4, 0.5) is 0 Å². The zero-order chi connectivity index (χ0) is 16.9. The lowest BCUT2D eigenvalue weighted by atomic mass is 10.1. The van der Waals surface area contributed by atoms with Crippen molar-refractivity contribution in [3.05, 3.63) is 28.4 Å². The van der Waals surface area contributed by atoms with Crippen LogP contribution in [-0.4, -0.2) is 49.8 Å². The molecule has 0 bridgehead atoms. The van der Waals surface area contributed by atoms with E-state index >= 15 is 0 Å². The lowest BCUT2D eigenvalue weighted by Crippen LogP contribution is -2.44. The number of hydrogen-bond acceptors (Lipinski definition) is 7. The number of aryl methyl sites for hydroxylation is 2. The molecule has 0 N–H and O–H groups in total. The summed E-state index contributed by atoms with van der Waals surface area (Å²) in [6.45, 7) is 5.25. The van der Waals surface area contributed by atoms with Crippen molar-refractivity contribution in [2.24, 2.45) is 0 Å². The van der Waals surface area contributed by atoms with Gasteiger partial charge in [0, 0.05) is 12.6 Å². The maximum absolute atomic E-state index is 12.8. The molecule has 3 rings (SSSR count). The van der Waals surface area contributed by atoms with Crippen molar-refractivity contribution in [3.8, 4) is 5.88 Å². The molecular weight excluding hydrogens is 326 g/mol. The molecule has 1 amide bonds. The molecule has 2 aromatic rings. The van der Waals surface area contributed by atoms with Crippen molar-refractivity contribution in [2.45, 2.75) is 45.6 Å². The molecular formula is C16H21N5O2S. The van der Waals surface area contributed by atoms with Crippen LogP contribution in [0.25, 0.3) is 0 Å². The lowest BCUT2D eigenvalue weighted by molar-refractivity contribution is 0.0528. The van der Waals surface area contributed by atoms with Gasteiger partial charge in [0.25, 0.3) is 5.91 Å². The number of hydrogen-bond donors (Lipinski definition) is 0. The van der Waals surface area contributed by atoms with Crippen molar-refractivity contribution in [1.29, 1.82) is 0 Å². The molecule has 0 aliphatic carbocycles. The summed E-state index contributed by atoms with van der Waals surface area (Å²) in [7, 11) is 0. The summed E-state index contributed by atoms with van der Waals surface area (Å²) in [5.74, 6) is 0.516. The van der Waals surface area contributed by atoms with E-state index in [9.17, 15) is 4.79 Å². The number of amides is 1. The molecule has 0 spiro atoms. The Morgan fingerprint density at radius 3 is 3.00 bits per heavy atom. The van der Waals surface area contributed by atoms with E-state index < -0.39 is 0 Å². The first kappa shape index (κ1) is 16.8.